The first-order valence-electron chi connectivity index (χ1n) is 12.5. The molecule has 0 radical (unpaired) electrons. The smallest absolute Gasteiger partial charge is 0.314 e. The van der Waals surface area contributed by atoms with Gasteiger partial charge in [-0.25, -0.2) is 9.99 Å². The molecular formula is C30H20N4O3S2. The molecule has 3 aliphatic heterocycles. The summed E-state index contributed by atoms with van der Waals surface area (Å²) in [7, 11) is 0. The van der Waals surface area contributed by atoms with Crippen molar-refractivity contribution in [1.29, 1.82) is 0 Å². The van der Waals surface area contributed by atoms with Crippen molar-refractivity contribution in [3.63, 3.8) is 0 Å². The van der Waals surface area contributed by atoms with Gasteiger partial charge in [0.05, 0.1) is 26.9 Å². The fraction of sp³-hybridized carbons (Fsp3) is 0.100. The maximum Gasteiger partial charge on any atom is 0.314 e. The molecule has 39 heavy (non-hydrogen) atoms. The minimum atomic E-state index is -1.28. The summed E-state index contributed by atoms with van der Waals surface area (Å²) in [6, 6.07) is 29.8. The number of ether oxygens (including phenoxy) is 1. The number of furan rings is 1. The summed E-state index contributed by atoms with van der Waals surface area (Å²) in [5, 5.41) is 10.6. The van der Waals surface area contributed by atoms with Gasteiger partial charge in [0.1, 0.15) is 11.5 Å². The molecule has 8 rings (SSSR count). The predicted octanol–water partition coefficient (Wildman–Crippen LogP) is 7.25. The number of hydrogen-bond donors (Lipinski definition) is 1. The summed E-state index contributed by atoms with van der Waals surface area (Å²) in [5.41, 5.74) is 3.98. The molecule has 3 aliphatic rings. The average Bonchev–Trinajstić information content (AvgIpc) is 3.75. The van der Waals surface area contributed by atoms with E-state index < -0.39 is 5.85 Å². The molecule has 190 valence electrons. The number of hydrogen-bond acceptors (Lipinski definition) is 8. The number of benzene rings is 3. The average molecular weight is 549 g/mol. The highest BCUT2D eigenvalue weighted by molar-refractivity contribution is 8.17. The van der Waals surface area contributed by atoms with Gasteiger partial charge in [-0.3, -0.25) is 10.1 Å². The highest BCUT2D eigenvalue weighted by Crippen LogP contribution is 2.52. The number of rotatable bonds is 3. The van der Waals surface area contributed by atoms with Crippen molar-refractivity contribution in [2.75, 3.05) is 0 Å². The second kappa shape index (κ2) is 8.59. The minimum Gasteiger partial charge on any atom is -0.454 e. The van der Waals surface area contributed by atoms with E-state index in [4.69, 9.17) is 19.2 Å². The molecule has 1 spiro atoms. The van der Waals surface area contributed by atoms with E-state index in [-0.39, 0.29) is 11.3 Å². The van der Waals surface area contributed by atoms with Gasteiger partial charge < -0.3 is 9.15 Å². The number of aromatic nitrogens is 1. The minimum absolute atomic E-state index is 0.0949. The molecule has 5 aromatic rings. The molecule has 0 aliphatic carbocycles. The van der Waals surface area contributed by atoms with Crippen LogP contribution in [0.15, 0.2) is 105 Å². The number of fused-ring (bicyclic) bond motifs is 5. The maximum absolute atomic E-state index is 12.9. The lowest BCUT2D eigenvalue weighted by atomic mass is 9.96. The molecule has 0 bridgehead atoms. The Hall–Kier alpha value is -4.34. The number of nitrogens with one attached hydrogen (secondary N) is 1. The third kappa shape index (κ3) is 3.61. The molecule has 5 heterocycles. The van der Waals surface area contributed by atoms with Gasteiger partial charge in [0.25, 0.3) is 5.24 Å². The van der Waals surface area contributed by atoms with Crippen LogP contribution >= 0.6 is 23.1 Å². The van der Waals surface area contributed by atoms with Gasteiger partial charge in [0.2, 0.25) is 0 Å². The Balaban J connectivity index is 1.22. The van der Waals surface area contributed by atoms with Crippen LogP contribution in [0.3, 0.4) is 0 Å². The van der Waals surface area contributed by atoms with Crippen molar-refractivity contribution in [2.24, 2.45) is 5.10 Å². The van der Waals surface area contributed by atoms with Crippen LogP contribution in [0.1, 0.15) is 29.3 Å². The van der Waals surface area contributed by atoms with E-state index in [1.807, 2.05) is 83.9 Å². The molecule has 2 aromatic heterocycles. The first-order chi connectivity index (χ1) is 19.2. The number of thioether (sulfide) groups is 1. The summed E-state index contributed by atoms with van der Waals surface area (Å²) in [6.07, 6.45) is 2.56. The van der Waals surface area contributed by atoms with E-state index in [1.165, 1.54) is 0 Å². The Morgan fingerprint density at radius 3 is 2.69 bits per heavy atom. The zero-order valence-corrected chi connectivity index (χ0v) is 22.0. The van der Waals surface area contributed by atoms with E-state index in [0.717, 1.165) is 49.6 Å². The lowest BCUT2D eigenvalue weighted by Gasteiger charge is -2.44. The van der Waals surface area contributed by atoms with Crippen LogP contribution in [0.4, 0.5) is 4.79 Å². The topological polar surface area (TPSA) is 80.0 Å². The van der Waals surface area contributed by atoms with Crippen LogP contribution in [-0.4, -0.2) is 26.8 Å². The monoisotopic (exact) mass is 548 g/mol. The molecule has 1 N–H and O–H groups in total. The highest BCUT2D eigenvalue weighted by Gasteiger charge is 2.58. The molecule has 7 nitrogen and oxygen atoms in total. The van der Waals surface area contributed by atoms with Crippen molar-refractivity contribution in [3.05, 3.63) is 113 Å². The van der Waals surface area contributed by atoms with Crippen LogP contribution in [0.25, 0.3) is 27.1 Å². The zero-order chi connectivity index (χ0) is 26.0. The van der Waals surface area contributed by atoms with Gasteiger partial charge in [0, 0.05) is 12.0 Å². The van der Waals surface area contributed by atoms with Crippen molar-refractivity contribution in [1.82, 2.24) is 15.3 Å². The summed E-state index contributed by atoms with van der Waals surface area (Å²) < 4.78 is 13.9. The lowest BCUT2D eigenvalue weighted by Crippen LogP contribution is -2.61. The Labute approximate surface area is 231 Å². The van der Waals surface area contributed by atoms with Gasteiger partial charge >= 0.3 is 5.85 Å². The lowest BCUT2D eigenvalue weighted by molar-refractivity contribution is -0.0949. The van der Waals surface area contributed by atoms with Crippen LogP contribution in [-0.2, 0) is 0 Å². The summed E-state index contributed by atoms with van der Waals surface area (Å²) >= 11 is 2.68. The Morgan fingerprint density at radius 1 is 0.974 bits per heavy atom. The SMILES string of the molecule is O=C1NC2(Oc3ccccc3C3CC(c4ccccc4)=NN32)/C(=C/c2ccc(-c3nc4ccccc4s3)o2)S1. The van der Waals surface area contributed by atoms with Gasteiger partial charge in [-0.15, -0.1) is 11.3 Å². The second-order valence-corrected chi connectivity index (χ2v) is 11.5. The molecular weight excluding hydrogens is 528 g/mol. The summed E-state index contributed by atoms with van der Waals surface area (Å²) in [6.45, 7) is 0. The largest absolute Gasteiger partial charge is 0.454 e. The molecule has 2 atom stereocenters. The second-order valence-electron chi connectivity index (χ2n) is 9.47. The Bertz CT molecular complexity index is 1790. The van der Waals surface area contributed by atoms with E-state index in [0.29, 0.717) is 22.8 Å². The molecule has 0 saturated carbocycles. The molecule has 3 aromatic carbocycles. The molecule has 9 heteroatoms. The van der Waals surface area contributed by atoms with Crippen molar-refractivity contribution in [2.45, 2.75) is 18.3 Å². The van der Waals surface area contributed by atoms with Crippen molar-refractivity contribution < 1.29 is 13.9 Å². The van der Waals surface area contributed by atoms with Gasteiger partial charge in [-0.05, 0) is 53.7 Å². The van der Waals surface area contributed by atoms with E-state index in [9.17, 15) is 4.79 Å². The van der Waals surface area contributed by atoms with Crippen molar-refractivity contribution in [3.8, 4) is 16.5 Å². The predicted molar refractivity (Wildman–Crippen MR) is 153 cm³/mol. The number of carbonyl (C=O) groups is 1. The van der Waals surface area contributed by atoms with Gasteiger partial charge in [-0.1, -0.05) is 60.7 Å². The fourth-order valence-corrected chi connectivity index (χ4v) is 7.14. The normalized spacial score (nSPS) is 22.6. The molecule has 2 unspecified atom stereocenters. The van der Waals surface area contributed by atoms with Crippen LogP contribution in [0.5, 0.6) is 5.75 Å². The fourth-order valence-electron chi connectivity index (χ4n) is 5.32. The number of amides is 1. The highest BCUT2D eigenvalue weighted by atomic mass is 32.2. The first-order valence-corrected chi connectivity index (χ1v) is 14.2. The van der Waals surface area contributed by atoms with Crippen molar-refractivity contribution >= 4 is 50.3 Å². The molecule has 1 amide bonds. The third-order valence-electron chi connectivity index (χ3n) is 7.09. The molecule has 1 saturated heterocycles. The Morgan fingerprint density at radius 2 is 1.79 bits per heavy atom. The number of carbonyl (C=O) groups excluding carboxylic acids is 1. The maximum atomic E-state index is 12.9. The van der Waals surface area contributed by atoms with E-state index >= 15 is 0 Å². The first kappa shape index (κ1) is 22.6. The number of nitrogens with zero attached hydrogens (tertiary/aromatic N) is 3. The number of para-hydroxylation sites is 2. The summed E-state index contributed by atoms with van der Waals surface area (Å²) in [4.78, 5) is 18.3. The zero-order valence-electron chi connectivity index (χ0n) is 20.4. The van der Waals surface area contributed by atoms with Gasteiger partial charge in [-0.2, -0.15) is 5.10 Å². The van der Waals surface area contributed by atoms with Crippen LogP contribution < -0.4 is 10.1 Å². The van der Waals surface area contributed by atoms with Crippen LogP contribution in [0.2, 0.25) is 0 Å². The molecule has 1 fully saturated rings. The Kier molecular flexibility index (Phi) is 4.98. The quantitative estimate of drug-likeness (QED) is 0.256. The number of thiazole rings is 1. The number of hydrazone groups is 1. The van der Waals surface area contributed by atoms with E-state index in [1.54, 1.807) is 11.3 Å². The van der Waals surface area contributed by atoms with Crippen LogP contribution in [0, 0.1) is 0 Å². The van der Waals surface area contributed by atoms with E-state index in [2.05, 4.69) is 23.5 Å². The third-order valence-corrected chi connectivity index (χ3v) is 9.04. The van der Waals surface area contributed by atoms with Gasteiger partial charge in [0.15, 0.2) is 10.8 Å². The standard InChI is InChI=1S/C30H20N4O3S2/c35-29-32-30(27(39-29)16-19-14-15-25(36-19)28-31-21-11-5-7-13-26(21)38-28)34-23(20-10-4-6-12-24(20)37-30)17-22(33-34)18-8-2-1-3-9-18/h1-16,23H,17H2,(H,32,35)/b27-16-. The summed E-state index contributed by atoms with van der Waals surface area (Å²) in [5.74, 6) is 0.734.